The van der Waals surface area contributed by atoms with Crippen LogP contribution in [-0.2, 0) is 14.8 Å². The summed E-state index contributed by atoms with van der Waals surface area (Å²) in [7, 11) is -3.59. The Morgan fingerprint density at radius 3 is 2.42 bits per heavy atom. The third-order valence-corrected chi connectivity index (χ3v) is 8.06. The van der Waals surface area contributed by atoms with Crippen LogP contribution >= 0.6 is 15.9 Å². The van der Waals surface area contributed by atoms with E-state index in [0.29, 0.717) is 38.3 Å². The Labute approximate surface area is 193 Å². The first-order valence-electron chi connectivity index (χ1n) is 10.5. The third-order valence-electron chi connectivity index (χ3n) is 5.64. The monoisotopic (exact) mass is 508 g/mol. The summed E-state index contributed by atoms with van der Waals surface area (Å²) in [6, 6.07) is 12.7. The number of nitrogens with zero attached hydrogens (tertiary/aromatic N) is 1. The molecule has 1 aliphatic rings. The molecule has 6 nitrogen and oxygen atoms in total. The molecule has 0 unspecified atom stereocenters. The van der Waals surface area contributed by atoms with Crippen LogP contribution in [0.2, 0.25) is 0 Å². The molecule has 1 heterocycles. The summed E-state index contributed by atoms with van der Waals surface area (Å²) < 4.78 is 34.1. The standard InChI is InChI=1S/C23H29BrN2O4S/c1-4-30-22-10-9-21(15-16(22)2)31(28,29)26-13-11-19(12-14-26)23(27)25-17(3)18-5-7-20(24)8-6-18/h5-10,15,17,19H,4,11-14H2,1-3H3,(H,25,27)/t17-/m0/s1. The SMILES string of the molecule is CCOc1ccc(S(=O)(=O)N2CCC(C(=O)N[C@@H](C)c3ccc(Br)cc3)CC2)cc1C. The zero-order chi connectivity index (χ0) is 22.6. The first kappa shape index (κ1) is 23.8. The van der Waals surface area contributed by atoms with Crippen LogP contribution in [0.3, 0.4) is 0 Å². The molecule has 2 aromatic rings. The van der Waals surface area contributed by atoms with Crippen molar-refractivity contribution >= 4 is 31.9 Å². The van der Waals surface area contributed by atoms with Gasteiger partial charge in [-0.3, -0.25) is 4.79 Å². The largest absolute Gasteiger partial charge is 0.494 e. The summed E-state index contributed by atoms with van der Waals surface area (Å²) in [6.45, 7) is 6.88. The second-order valence-corrected chi connectivity index (χ2v) is 10.7. The van der Waals surface area contributed by atoms with Crippen LogP contribution in [0.25, 0.3) is 0 Å². The third kappa shape index (κ3) is 5.67. The van der Waals surface area contributed by atoms with Gasteiger partial charge in [-0.05, 0) is 75.1 Å². The zero-order valence-electron chi connectivity index (χ0n) is 18.1. The van der Waals surface area contributed by atoms with Crippen LogP contribution in [0.4, 0.5) is 0 Å². The number of piperidine rings is 1. The van der Waals surface area contributed by atoms with E-state index in [9.17, 15) is 13.2 Å². The van der Waals surface area contributed by atoms with Crippen LogP contribution < -0.4 is 10.1 Å². The first-order chi connectivity index (χ1) is 14.7. The number of nitrogens with one attached hydrogen (secondary N) is 1. The molecule has 0 radical (unpaired) electrons. The van der Waals surface area contributed by atoms with E-state index in [1.165, 1.54) is 4.31 Å². The van der Waals surface area contributed by atoms with Crippen molar-refractivity contribution in [3.05, 3.63) is 58.1 Å². The summed E-state index contributed by atoms with van der Waals surface area (Å²) in [4.78, 5) is 13.0. The fourth-order valence-corrected chi connectivity index (χ4v) is 5.59. The quantitative estimate of drug-likeness (QED) is 0.599. The summed E-state index contributed by atoms with van der Waals surface area (Å²) in [6.07, 6.45) is 1.02. The number of aryl methyl sites for hydroxylation is 1. The molecule has 0 saturated carbocycles. The molecule has 0 spiro atoms. The average Bonchev–Trinajstić information content (AvgIpc) is 2.75. The molecule has 1 fully saturated rings. The van der Waals surface area contributed by atoms with E-state index in [2.05, 4.69) is 21.2 Å². The smallest absolute Gasteiger partial charge is 0.243 e. The molecular formula is C23H29BrN2O4S. The molecule has 168 valence electrons. The maximum absolute atomic E-state index is 13.1. The highest BCUT2D eigenvalue weighted by atomic mass is 79.9. The number of hydrogen-bond donors (Lipinski definition) is 1. The Hall–Kier alpha value is -1.90. The minimum atomic E-state index is -3.59. The Bertz CT molecular complexity index is 1020. The maximum atomic E-state index is 13.1. The molecule has 0 aromatic heterocycles. The number of rotatable bonds is 7. The summed E-state index contributed by atoms with van der Waals surface area (Å²) in [5.74, 6) is 0.479. The van der Waals surface area contributed by atoms with Crippen LogP contribution in [-0.4, -0.2) is 38.3 Å². The molecule has 31 heavy (non-hydrogen) atoms. The van der Waals surface area contributed by atoms with Gasteiger partial charge in [0.1, 0.15) is 5.75 Å². The molecule has 8 heteroatoms. The van der Waals surface area contributed by atoms with Crippen LogP contribution in [0, 0.1) is 12.8 Å². The van der Waals surface area contributed by atoms with Gasteiger partial charge < -0.3 is 10.1 Å². The van der Waals surface area contributed by atoms with E-state index in [0.717, 1.165) is 15.6 Å². The molecule has 1 N–H and O–H groups in total. The lowest BCUT2D eigenvalue weighted by Crippen LogP contribution is -2.43. The second kappa shape index (κ2) is 10.1. The zero-order valence-corrected chi connectivity index (χ0v) is 20.5. The minimum absolute atomic E-state index is 0.0237. The van der Waals surface area contributed by atoms with Gasteiger partial charge in [-0.25, -0.2) is 8.42 Å². The van der Waals surface area contributed by atoms with Crippen molar-refractivity contribution in [2.45, 2.75) is 44.6 Å². The van der Waals surface area contributed by atoms with Crippen LogP contribution in [0.15, 0.2) is 51.8 Å². The predicted octanol–water partition coefficient (Wildman–Crippen LogP) is 4.43. The van der Waals surface area contributed by atoms with Crippen molar-refractivity contribution in [3.63, 3.8) is 0 Å². The van der Waals surface area contributed by atoms with Crippen molar-refractivity contribution < 1.29 is 17.9 Å². The van der Waals surface area contributed by atoms with Gasteiger partial charge in [-0.15, -0.1) is 0 Å². The fourth-order valence-electron chi connectivity index (χ4n) is 3.77. The Kier molecular flexibility index (Phi) is 7.78. The highest BCUT2D eigenvalue weighted by Gasteiger charge is 2.32. The van der Waals surface area contributed by atoms with Crippen molar-refractivity contribution in [2.24, 2.45) is 5.92 Å². The lowest BCUT2D eigenvalue weighted by Gasteiger charge is -2.31. The second-order valence-electron chi connectivity index (χ2n) is 7.82. The van der Waals surface area contributed by atoms with Crippen molar-refractivity contribution in [3.8, 4) is 5.75 Å². The number of hydrogen-bond acceptors (Lipinski definition) is 4. The summed E-state index contributed by atoms with van der Waals surface area (Å²) >= 11 is 3.41. The number of sulfonamides is 1. The Balaban J connectivity index is 1.59. The van der Waals surface area contributed by atoms with Gasteiger partial charge in [0.15, 0.2) is 0 Å². The van der Waals surface area contributed by atoms with Gasteiger partial charge in [0.05, 0.1) is 17.5 Å². The molecule has 0 bridgehead atoms. The minimum Gasteiger partial charge on any atom is -0.494 e. The molecule has 1 saturated heterocycles. The van der Waals surface area contributed by atoms with Gasteiger partial charge in [-0.1, -0.05) is 28.1 Å². The lowest BCUT2D eigenvalue weighted by molar-refractivity contribution is -0.126. The van der Waals surface area contributed by atoms with Crippen molar-refractivity contribution in [2.75, 3.05) is 19.7 Å². The van der Waals surface area contributed by atoms with Gasteiger partial charge in [0, 0.05) is 23.5 Å². The van der Waals surface area contributed by atoms with E-state index in [-0.39, 0.29) is 22.8 Å². The highest BCUT2D eigenvalue weighted by molar-refractivity contribution is 9.10. The number of amides is 1. The molecule has 2 aromatic carbocycles. The van der Waals surface area contributed by atoms with Gasteiger partial charge >= 0.3 is 0 Å². The highest BCUT2D eigenvalue weighted by Crippen LogP contribution is 2.28. The first-order valence-corrected chi connectivity index (χ1v) is 12.7. The Morgan fingerprint density at radius 1 is 1.19 bits per heavy atom. The number of halogens is 1. The van der Waals surface area contributed by atoms with E-state index in [1.807, 2.05) is 45.0 Å². The predicted molar refractivity (Wildman–Crippen MR) is 125 cm³/mol. The van der Waals surface area contributed by atoms with E-state index in [4.69, 9.17) is 4.74 Å². The summed E-state index contributed by atoms with van der Waals surface area (Å²) in [5, 5.41) is 3.06. The number of benzene rings is 2. The Morgan fingerprint density at radius 2 is 1.84 bits per heavy atom. The van der Waals surface area contributed by atoms with Crippen LogP contribution in [0.5, 0.6) is 5.75 Å². The van der Waals surface area contributed by atoms with Gasteiger partial charge in [0.2, 0.25) is 15.9 Å². The topological polar surface area (TPSA) is 75.7 Å². The van der Waals surface area contributed by atoms with Crippen LogP contribution in [0.1, 0.15) is 43.9 Å². The molecule has 1 aliphatic heterocycles. The van der Waals surface area contributed by atoms with E-state index < -0.39 is 10.0 Å². The molecule has 0 aliphatic carbocycles. The number of ether oxygens (including phenoxy) is 1. The normalized spacial score (nSPS) is 16.6. The molecule has 1 amide bonds. The molecule has 3 rings (SSSR count). The van der Waals surface area contributed by atoms with Crippen molar-refractivity contribution in [1.82, 2.24) is 9.62 Å². The van der Waals surface area contributed by atoms with E-state index in [1.54, 1.807) is 18.2 Å². The van der Waals surface area contributed by atoms with Gasteiger partial charge in [0.25, 0.3) is 0 Å². The van der Waals surface area contributed by atoms with Crippen molar-refractivity contribution in [1.29, 1.82) is 0 Å². The fraction of sp³-hybridized carbons (Fsp3) is 0.435. The molecule has 1 atom stereocenters. The van der Waals surface area contributed by atoms with Gasteiger partial charge in [-0.2, -0.15) is 4.31 Å². The maximum Gasteiger partial charge on any atom is 0.243 e. The number of carbonyl (C=O) groups is 1. The molecular weight excluding hydrogens is 480 g/mol. The average molecular weight is 509 g/mol. The number of carbonyl (C=O) groups excluding carboxylic acids is 1. The van der Waals surface area contributed by atoms with E-state index >= 15 is 0 Å². The summed E-state index contributed by atoms with van der Waals surface area (Å²) in [5.41, 5.74) is 1.82. The lowest BCUT2D eigenvalue weighted by atomic mass is 9.96.